The van der Waals surface area contributed by atoms with Crippen LogP contribution >= 0.6 is 32.9 Å². The van der Waals surface area contributed by atoms with Crippen LogP contribution in [0, 0.1) is 17.8 Å². The van der Waals surface area contributed by atoms with Gasteiger partial charge in [0, 0.05) is 60.7 Å². The normalized spacial score (nSPS) is 16.3. The molecule has 3 rings (SSSR count). The van der Waals surface area contributed by atoms with Gasteiger partial charge in [-0.25, -0.2) is 15.2 Å². The van der Waals surface area contributed by atoms with Crippen LogP contribution in [0.25, 0.3) is 0 Å². The Kier molecular flexibility index (Phi) is 35.2. The van der Waals surface area contributed by atoms with Crippen molar-refractivity contribution in [3.05, 3.63) is 45.9 Å². The molecule has 1 saturated heterocycles. The first kappa shape index (κ1) is 80.4. The Morgan fingerprint density at radius 3 is 1.89 bits per heavy atom. The molecule has 1 aliphatic heterocycles. The van der Waals surface area contributed by atoms with Gasteiger partial charge in [-0.3, -0.25) is 67.9 Å². The quantitative estimate of drug-likeness (QED) is 0.0150. The number of hydrogen-bond acceptors (Lipinski definition) is 22. The summed E-state index contributed by atoms with van der Waals surface area (Å²) >= 11 is 1.01. The summed E-state index contributed by atoms with van der Waals surface area (Å²) < 4.78 is 10.8. The lowest BCUT2D eigenvalue weighted by Gasteiger charge is -2.39. The topological polar surface area (TPSA) is 457 Å². The fourth-order valence-electron chi connectivity index (χ4n) is 9.77. The van der Waals surface area contributed by atoms with Gasteiger partial charge in [0.05, 0.1) is 25.3 Å². The van der Waals surface area contributed by atoms with Gasteiger partial charge in [0.25, 0.3) is 5.91 Å². The largest absolute Gasteiger partial charge is 0.508 e. The number of aliphatic hydroxyl groups excluding tert-OH is 1. The lowest BCUT2D eigenvalue weighted by molar-refractivity contribution is -0.159. The zero-order valence-corrected chi connectivity index (χ0v) is 56.7. The number of ether oxygens (including phenoxy) is 2. The van der Waals surface area contributed by atoms with Gasteiger partial charge in [-0.15, -0.1) is 11.3 Å². The molecule has 94 heavy (non-hydrogen) atoms. The first-order valence-corrected chi connectivity index (χ1v) is 34.2. The van der Waals surface area contributed by atoms with E-state index < -0.39 is 158 Å². The van der Waals surface area contributed by atoms with E-state index in [4.69, 9.17) is 14.6 Å². The van der Waals surface area contributed by atoms with Crippen molar-refractivity contribution in [1.29, 1.82) is 0 Å². The first-order chi connectivity index (χ1) is 44.3. The number of likely N-dealkylation sites (N-methyl/N-ethyl adjacent to an activating group) is 1. The van der Waals surface area contributed by atoms with Gasteiger partial charge >= 0.3 is 30.0 Å². The van der Waals surface area contributed by atoms with Crippen molar-refractivity contribution in [2.45, 2.75) is 187 Å². The Labute approximate surface area is 557 Å². The molecule has 2 heterocycles. The summed E-state index contributed by atoms with van der Waals surface area (Å²) in [7, 11) is 4.30. The van der Waals surface area contributed by atoms with Crippen molar-refractivity contribution in [1.82, 2.24) is 57.5 Å². The molecule has 1 unspecified atom stereocenters. The lowest BCUT2D eigenvalue weighted by atomic mass is 9.92. The Bertz CT molecular complexity index is 2890. The number of aromatic nitrogens is 1. The number of hydrogen-bond donors (Lipinski definition) is 13. The Morgan fingerprint density at radius 2 is 1.34 bits per heavy atom. The third kappa shape index (κ3) is 28.8. The molecule has 0 aliphatic carbocycles. The molecular formula is C60H91N11O20S3. The zero-order chi connectivity index (χ0) is 70.4. The highest BCUT2D eigenvalue weighted by Gasteiger charge is 2.40. The minimum atomic E-state index is -1.92. The number of phenolic OH excluding ortho intramolecular Hbond substituents is 1. The lowest BCUT2D eigenvalue weighted by Crippen LogP contribution is -2.59. The first-order valence-electron chi connectivity index (χ1n) is 30.8. The summed E-state index contributed by atoms with van der Waals surface area (Å²) in [6, 6.07) is -2.70. The highest BCUT2D eigenvalue weighted by Crippen LogP contribution is 2.30. The van der Waals surface area contributed by atoms with Crippen LogP contribution in [0.3, 0.4) is 0 Å². The molecule has 0 saturated carbocycles. The molecule has 34 heteroatoms. The number of carboxylic acids is 3. The van der Waals surface area contributed by atoms with Gasteiger partial charge in [0.2, 0.25) is 41.4 Å². The van der Waals surface area contributed by atoms with Crippen molar-refractivity contribution < 1.29 is 97.3 Å². The summed E-state index contributed by atoms with van der Waals surface area (Å²) in [5.41, 5.74) is 5.12. The number of aliphatic carboxylic acids is 3. The Morgan fingerprint density at radius 1 is 0.745 bits per heavy atom. The number of rotatable bonds is 40. The third-order valence-electron chi connectivity index (χ3n) is 15.0. The molecule has 1 fully saturated rings. The average molecular weight is 1380 g/mol. The number of thiazole rings is 1. The van der Waals surface area contributed by atoms with E-state index in [9.17, 15) is 82.8 Å². The van der Waals surface area contributed by atoms with E-state index in [1.165, 1.54) is 44.0 Å². The molecular weight excluding hydrogens is 1290 g/mol. The summed E-state index contributed by atoms with van der Waals surface area (Å²) in [6.07, 6.45) is -1.50. The van der Waals surface area contributed by atoms with E-state index >= 15 is 0 Å². The molecule has 9 amide bonds. The maximum Gasteiger partial charge on any atom is 0.426 e. The number of carboxylic acid groups (broad SMARTS) is 3. The van der Waals surface area contributed by atoms with Crippen molar-refractivity contribution in [2.24, 2.45) is 17.8 Å². The molecule has 11 atom stereocenters. The monoisotopic (exact) mass is 1380 g/mol. The van der Waals surface area contributed by atoms with Crippen LogP contribution in [-0.2, 0) is 68.6 Å². The predicted molar refractivity (Wildman–Crippen MR) is 345 cm³/mol. The number of carbonyl (C=O) groups excluding carboxylic acids is 10. The van der Waals surface area contributed by atoms with E-state index in [1.54, 1.807) is 26.0 Å². The average Bonchev–Trinajstić information content (AvgIpc) is 1.30. The number of benzene rings is 1. The second kappa shape index (κ2) is 41.1. The SMILES string of the molecule is CCCC(=O)OCN(C(=O)[C@@H](NC(=O)[C@H]1CCCCN1C)C(C)CC)[C@H](C[C@@H](O)c1nc(C(=O)N[C@@H](Cc2ccc(O)cc2)C[C@H](C)C(=O)NNC(=O)OCCSSC[C@@H](C)NC(=O)[C@H](CC(=O)O)NC(=O)[C@H](CC(=O)O)NC(=O)[C@H](CC(=O)O)NC(C)=O)cs1)C(C)C. The summed E-state index contributed by atoms with van der Waals surface area (Å²) in [4.78, 5) is 174. The molecule has 0 radical (unpaired) electrons. The number of phenols is 1. The minimum Gasteiger partial charge on any atom is -0.508 e. The molecule has 524 valence electrons. The smallest absolute Gasteiger partial charge is 0.426 e. The van der Waals surface area contributed by atoms with Gasteiger partial charge in [0.1, 0.15) is 53.3 Å². The number of nitrogens with zero attached hydrogens (tertiary/aromatic N) is 3. The van der Waals surface area contributed by atoms with E-state index in [0.29, 0.717) is 24.8 Å². The zero-order valence-electron chi connectivity index (χ0n) is 54.3. The maximum atomic E-state index is 14.8. The highest BCUT2D eigenvalue weighted by molar-refractivity contribution is 8.76. The Balaban J connectivity index is 1.61. The number of carbonyl (C=O) groups is 13. The number of likely N-dealkylation sites (tertiary alicyclic amines) is 1. The molecule has 0 bridgehead atoms. The molecule has 2 aromatic rings. The van der Waals surface area contributed by atoms with Crippen LogP contribution < -0.4 is 42.8 Å². The standard InChI is InChI=1S/C60H91N11O20S3/c1-10-14-50(81)91-31-71(59(88)51(33(5)11-2)67-57(87)44-15-12-13-20-70(44)9)45(32(3)4)28-46(74)58-66-43(30-92-58)56(86)63-38(24-37-16-18-39(73)19-17-37)23-34(6)52(82)68-69-60(89)90-21-22-93-94-29-35(7)61-53(83)41(26-48(77)78)64-55(85)42(27-49(79)80)65-54(84)40(25-47(75)76)62-36(8)72/h16-19,30,32-35,38,40-42,44-46,51,73-74H,10-15,20-29,31H2,1-9H3,(H,61,83)(H,62,72)(H,63,86)(H,64,85)(H,65,84)(H,67,87)(H,68,82)(H,69,89)(H,75,76)(H,77,78)(H,79,80)/t33?,34-,35+,38+,40-,41-,42-,44+,45+,46+,51-/m0/s1. The van der Waals surface area contributed by atoms with Gasteiger partial charge < -0.3 is 71.8 Å². The predicted octanol–water partition coefficient (Wildman–Crippen LogP) is 2.35. The van der Waals surface area contributed by atoms with Crippen LogP contribution in [0.15, 0.2) is 29.6 Å². The fourth-order valence-corrected chi connectivity index (χ4v) is 12.7. The third-order valence-corrected chi connectivity index (χ3v) is 18.5. The molecule has 0 spiro atoms. The van der Waals surface area contributed by atoms with Crippen LogP contribution in [-0.4, -0.2) is 204 Å². The second-order valence-electron chi connectivity index (χ2n) is 23.3. The number of aliphatic hydroxyl groups is 1. The number of amides is 9. The number of esters is 1. The fraction of sp³-hybridized carbons (Fsp3) is 0.633. The maximum absolute atomic E-state index is 14.8. The van der Waals surface area contributed by atoms with Gasteiger partial charge in [0.15, 0.2) is 6.73 Å². The second-order valence-corrected chi connectivity index (χ2v) is 26.8. The number of nitrogens with one attached hydrogen (secondary N) is 8. The van der Waals surface area contributed by atoms with Gasteiger partial charge in [-0.2, -0.15) is 0 Å². The van der Waals surface area contributed by atoms with E-state index in [0.717, 1.165) is 37.6 Å². The van der Waals surface area contributed by atoms with Gasteiger partial charge in [-0.1, -0.05) is 88.1 Å². The molecule has 1 aromatic heterocycles. The van der Waals surface area contributed by atoms with Gasteiger partial charge in [-0.05, 0) is 82.2 Å². The molecule has 1 aliphatic rings. The van der Waals surface area contributed by atoms with Crippen LogP contribution in [0.2, 0.25) is 0 Å². The van der Waals surface area contributed by atoms with E-state index in [1.807, 2.05) is 51.9 Å². The summed E-state index contributed by atoms with van der Waals surface area (Å²) in [5, 5.41) is 66.1. The van der Waals surface area contributed by atoms with E-state index in [-0.39, 0.29) is 78.0 Å². The van der Waals surface area contributed by atoms with Crippen molar-refractivity contribution in [2.75, 3.05) is 38.4 Å². The number of piperidine rings is 1. The van der Waals surface area contributed by atoms with Crippen LogP contribution in [0.1, 0.15) is 153 Å². The summed E-state index contributed by atoms with van der Waals surface area (Å²) in [5.74, 6) is -12.5. The number of aromatic hydroxyl groups is 1. The van der Waals surface area contributed by atoms with Crippen molar-refractivity contribution >= 4 is 110 Å². The summed E-state index contributed by atoms with van der Waals surface area (Å²) in [6.45, 7) is 13.6. The highest BCUT2D eigenvalue weighted by atomic mass is 33.1. The van der Waals surface area contributed by atoms with Crippen LogP contribution in [0.4, 0.5) is 4.79 Å². The number of hydrazine groups is 1. The van der Waals surface area contributed by atoms with E-state index in [2.05, 4.69) is 42.4 Å². The van der Waals surface area contributed by atoms with Crippen molar-refractivity contribution in [3.8, 4) is 5.75 Å². The molecule has 1 aromatic carbocycles. The van der Waals surface area contributed by atoms with Crippen molar-refractivity contribution in [3.63, 3.8) is 0 Å². The Hall–Kier alpha value is -7.82. The molecule has 31 nitrogen and oxygen atoms in total. The van der Waals surface area contributed by atoms with Crippen LogP contribution in [0.5, 0.6) is 5.75 Å². The minimum absolute atomic E-state index is 0.00225. The molecule has 13 N–H and O–H groups in total.